The van der Waals surface area contributed by atoms with Crippen LogP contribution in [0.4, 0.5) is 0 Å². The van der Waals surface area contributed by atoms with Gasteiger partial charge >= 0.3 is 11.9 Å². The number of esters is 2. The van der Waals surface area contributed by atoms with Crippen molar-refractivity contribution in [2.24, 2.45) is 0 Å². The number of carbonyl (C=O) groups is 2. The van der Waals surface area contributed by atoms with Gasteiger partial charge in [-0.1, -0.05) is 46.4 Å². The molecule has 38 heavy (non-hydrogen) atoms. The standard InChI is InChI=1S/C20Br10Cl4O4/c21-3-5(23)9(27)17(10(28)6(3)24)37-19(35)1-13(31)15(33)2(16(34)14(1)32)20(36)38-18-11(29)7(25)4(22)8(26)12(18)30. The Bertz CT molecular complexity index is 1360. The molecule has 0 radical (unpaired) electrons. The Hall–Kier alpha value is 2.56. The number of hydrogen-bond donors (Lipinski definition) is 0. The van der Waals surface area contributed by atoms with Gasteiger partial charge in [0.25, 0.3) is 0 Å². The molecule has 0 aliphatic carbocycles. The van der Waals surface area contributed by atoms with E-state index in [0.29, 0.717) is 44.7 Å². The van der Waals surface area contributed by atoms with Crippen LogP contribution in [-0.4, -0.2) is 11.9 Å². The van der Waals surface area contributed by atoms with E-state index in [9.17, 15) is 9.59 Å². The predicted molar refractivity (Wildman–Crippen MR) is 186 cm³/mol. The van der Waals surface area contributed by atoms with E-state index in [2.05, 4.69) is 159 Å². The highest BCUT2D eigenvalue weighted by molar-refractivity contribution is 9.16. The van der Waals surface area contributed by atoms with Crippen LogP contribution >= 0.6 is 206 Å². The van der Waals surface area contributed by atoms with Gasteiger partial charge in [0.1, 0.15) is 11.1 Å². The first-order chi connectivity index (χ1) is 17.5. The Morgan fingerprint density at radius 1 is 0.395 bits per heavy atom. The summed E-state index contributed by atoms with van der Waals surface area (Å²) in [4.78, 5) is 26.4. The van der Waals surface area contributed by atoms with Crippen molar-refractivity contribution >= 4 is 218 Å². The largest absolute Gasteiger partial charge is 0.420 e. The summed E-state index contributed by atoms with van der Waals surface area (Å²) in [7, 11) is 0. The molecule has 0 aliphatic heterocycles. The molecule has 0 saturated heterocycles. The molecule has 0 aromatic heterocycles. The third-order valence-electron chi connectivity index (χ3n) is 4.40. The van der Waals surface area contributed by atoms with Crippen LogP contribution in [0.3, 0.4) is 0 Å². The van der Waals surface area contributed by atoms with Crippen molar-refractivity contribution in [1.82, 2.24) is 0 Å². The van der Waals surface area contributed by atoms with Gasteiger partial charge in [0.15, 0.2) is 11.5 Å². The summed E-state index contributed by atoms with van der Waals surface area (Å²) in [6.07, 6.45) is 0. The first-order valence-corrected chi connectivity index (χ1v) is 18.3. The summed E-state index contributed by atoms with van der Waals surface area (Å²) in [6.45, 7) is 0. The lowest BCUT2D eigenvalue weighted by Crippen LogP contribution is -2.16. The third-order valence-corrected chi connectivity index (χ3v) is 18.1. The Kier molecular flexibility index (Phi) is 13.0. The summed E-state index contributed by atoms with van der Waals surface area (Å²) in [5.74, 6) is -1.78. The third kappa shape index (κ3) is 6.63. The topological polar surface area (TPSA) is 52.6 Å². The Balaban J connectivity index is 2.08. The van der Waals surface area contributed by atoms with Gasteiger partial charge in [0.05, 0.1) is 55.9 Å². The van der Waals surface area contributed by atoms with Crippen molar-refractivity contribution in [1.29, 1.82) is 0 Å². The second-order valence-electron chi connectivity index (χ2n) is 6.58. The average Bonchev–Trinajstić information content (AvgIpc) is 2.88. The van der Waals surface area contributed by atoms with E-state index in [1.807, 2.05) is 0 Å². The van der Waals surface area contributed by atoms with Crippen LogP contribution in [-0.2, 0) is 0 Å². The summed E-state index contributed by atoms with van der Waals surface area (Å²) in [5.41, 5.74) is -0.712. The zero-order valence-electron chi connectivity index (χ0n) is 16.9. The zero-order valence-corrected chi connectivity index (χ0v) is 35.8. The SMILES string of the molecule is O=C(Oc1c(Br)c(Br)c(Br)c(Br)c1Br)c1c(Cl)c(Cl)c(C(=O)Oc2c(Br)c(Br)c(Br)c(Br)c2Br)c(Cl)c1Cl. The number of rotatable bonds is 4. The fourth-order valence-corrected chi connectivity index (χ4v) is 10.1. The van der Waals surface area contributed by atoms with Crippen LogP contribution in [0.2, 0.25) is 20.1 Å². The molecule has 0 amide bonds. The maximum Gasteiger partial charge on any atom is 0.346 e. The summed E-state index contributed by atoms with van der Waals surface area (Å²) in [5, 5.41) is -1.46. The van der Waals surface area contributed by atoms with Gasteiger partial charge in [0.2, 0.25) is 0 Å². The van der Waals surface area contributed by atoms with E-state index in [1.165, 1.54) is 0 Å². The van der Waals surface area contributed by atoms with Gasteiger partial charge in [-0.15, -0.1) is 0 Å². The van der Waals surface area contributed by atoms with E-state index >= 15 is 0 Å². The van der Waals surface area contributed by atoms with Gasteiger partial charge in [-0.05, 0) is 159 Å². The summed E-state index contributed by atoms with van der Waals surface area (Å²) < 4.78 is 16.3. The van der Waals surface area contributed by atoms with Crippen LogP contribution in [0.1, 0.15) is 20.7 Å². The molecule has 0 saturated carbocycles. The number of benzene rings is 3. The minimum Gasteiger partial charge on any atom is -0.420 e. The van der Waals surface area contributed by atoms with E-state index in [0.717, 1.165) is 0 Å². The smallest absolute Gasteiger partial charge is 0.346 e. The summed E-state index contributed by atoms with van der Waals surface area (Å²) in [6, 6.07) is 0. The Morgan fingerprint density at radius 2 is 0.579 bits per heavy atom. The molecular formula is C20Br10Cl4O4. The molecule has 0 bridgehead atoms. The van der Waals surface area contributed by atoms with Gasteiger partial charge in [-0.25, -0.2) is 9.59 Å². The van der Waals surface area contributed by atoms with Crippen LogP contribution in [0.25, 0.3) is 0 Å². The molecule has 0 fully saturated rings. The minimum atomic E-state index is -0.988. The zero-order chi connectivity index (χ0) is 29.0. The minimum absolute atomic E-state index is 0.0981. The molecular weight excluding hydrogens is 1250 g/mol. The second-order valence-corrected chi connectivity index (χ2v) is 16.0. The van der Waals surface area contributed by atoms with E-state index in [1.54, 1.807) is 0 Å². The van der Waals surface area contributed by atoms with Crippen molar-refractivity contribution in [2.75, 3.05) is 0 Å². The lowest BCUT2D eigenvalue weighted by molar-refractivity contribution is 0.0718. The van der Waals surface area contributed by atoms with Crippen LogP contribution in [0.5, 0.6) is 11.5 Å². The predicted octanol–water partition coefficient (Wildman–Crippen LogP) is 14.4. The van der Waals surface area contributed by atoms with E-state index < -0.39 is 11.9 Å². The lowest BCUT2D eigenvalue weighted by Gasteiger charge is -2.17. The van der Waals surface area contributed by atoms with E-state index in [4.69, 9.17) is 55.9 Å². The molecule has 4 nitrogen and oxygen atoms in total. The second kappa shape index (κ2) is 14.1. The van der Waals surface area contributed by atoms with Crippen molar-refractivity contribution in [3.8, 4) is 11.5 Å². The molecule has 202 valence electrons. The van der Waals surface area contributed by atoms with Crippen molar-refractivity contribution in [3.63, 3.8) is 0 Å². The van der Waals surface area contributed by atoms with Gasteiger partial charge in [0, 0.05) is 8.95 Å². The molecule has 0 N–H and O–H groups in total. The van der Waals surface area contributed by atoms with Gasteiger partial charge in [-0.3, -0.25) is 0 Å². The highest BCUT2D eigenvalue weighted by Gasteiger charge is 2.32. The quantitative estimate of drug-likeness (QED) is 0.113. The van der Waals surface area contributed by atoms with Crippen molar-refractivity contribution in [2.45, 2.75) is 0 Å². The Morgan fingerprint density at radius 3 is 0.789 bits per heavy atom. The number of hydrogen-bond acceptors (Lipinski definition) is 4. The fraction of sp³-hybridized carbons (Fsp3) is 0. The van der Waals surface area contributed by atoms with Crippen LogP contribution in [0, 0.1) is 0 Å². The molecule has 0 heterocycles. The highest BCUT2D eigenvalue weighted by Crippen LogP contribution is 2.51. The molecule has 3 rings (SSSR count). The summed E-state index contributed by atoms with van der Waals surface area (Å²) >= 11 is 59.5. The van der Waals surface area contributed by atoms with Crippen LogP contribution in [0.15, 0.2) is 44.7 Å². The number of carbonyl (C=O) groups excluding carboxylic acids is 2. The first kappa shape index (κ1) is 35.0. The molecule has 3 aromatic rings. The van der Waals surface area contributed by atoms with Crippen LogP contribution < -0.4 is 9.47 Å². The van der Waals surface area contributed by atoms with Crippen molar-refractivity contribution < 1.29 is 19.1 Å². The molecule has 0 spiro atoms. The lowest BCUT2D eigenvalue weighted by atomic mass is 10.1. The van der Waals surface area contributed by atoms with Crippen molar-refractivity contribution in [3.05, 3.63) is 75.9 Å². The number of halogens is 14. The maximum atomic E-state index is 13.2. The van der Waals surface area contributed by atoms with Gasteiger partial charge < -0.3 is 9.47 Å². The fourth-order valence-electron chi connectivity index (χ4n) is 2.63. The molecule has 0 unspecified atom stereocenters. The Labute approximate surface area is 319 Å². The van der Waals surface area contributed by atoms with E-state index in [-0.39, 0.29) is 42.7 Å². The first-order valence-electron chi connectivity index (χ1n) is 8.87. The highest BCUT2D eigenvalue weighted by atomic mass is 79.9. The normalized spacial score (nSPS) is 11.1. The molecule has 0 aliphatic rings. The van der Waals surface area contributed by atoms with Gasteiger partial charge in [-0.2, -0.15) is 0 Å². The monoisotopic (exact) mass is 1230 g/mol. The molecule has 18 heteroatoms. The molecule has 3 aromatic carbocycles. The molecule has 0 atom stereocenters. The average molecular weight is 1250 g/mol. The number of ether oxygens (including phenoxy) is 2. The maximum absolute atomic E-state index is 13.2.